The highest BCUT2D eigenvalue weighted by Crippen LogP contribution is 2.28. The molecular weight excluding hydrogens is 468 g/mol. The van der Waals surface area contributed by atoms with E-state index in [0.717, 1.165) is 12.8 Å². The number of hydrogen-bond donors (Lipinski definition) is 3. The summed E-state index contributed by atoms with van der Waals surface area (Å²) in [4.78, 5) is 23.0. The van der Waals surface area contributed by atoms with Crippen LogP contribution in [-0.4, -0.2) is 52.7 Å². The van der Waals surface area contributed by atoms with E-state index >= 15 is 0 Å². The van der Waals surface area contributed by atoms with Gasteiger partial charge in [-0.25, -0.2) is 9.97 Å². The molecule has 0 bridgehead atoms. The summed E-state index contributed by atoms with van der Waals surface area (Å²) in [6, 6.07) is 14.5. The number of piperidine rings is 1. The normalized spacial score (nSPS) is 15.1. The molecule has 1 saturated heterocycles. The molecule has 0 spiro atoms. The van der Waals surface area contributed by atoms with Crippen LogP contribution in [0.1, 0.15) is 37.3 Å². The molecule has 37 heavy (non-hydrogen) atoms. The van der Waals surface area contributed by atoms with Crippen LogP contribution >= 0.6 is 0 Å². The highest BCUT2D eigenvalue weighted by Gasteiger charge is 2.26. The third kappa shape index (κ3) is 6.06. The van der Waals surface area contributed by atoms with Crippen molar-refractivity contribution < 1.29 is 14.3 Å². The summed E-state index contributed by atoms with van der Waals surface area (Å²) in [6.07, 6.45) is 3.74. The van der Waals surface area contributed by atoms with Crippen LogP contribution in [0.5, 0.6) is 17.2 Å². The number of nitrogens with two attached hydrogens (primary N) is 1. The van der Waals surface area contributed by atoms with Crippen LogP contribution in [0.15, 0.2) is 67.0 Å². The fraction of sp³-hybridized carbons (Fsp3) is 0.286. The zero-order valence-electron chi connectivity index (χ0n) is 21.2. The van der Waals surface area contributed by atoms with Crippen LogP contribution in [-0.2, 0) is 4.79 Å². The number of amides is 1. The minimum atomic E-state index is -0.0261. The van der Waals surface area contributed by atoms with Crippen LogP contribution in [0.2, 0.25) is 0 Å². The van der Waals surface area contributed by atoms with Crippen LogP contribution in [0.3, 0.4) is 0 Å². The van der Waals surface area contributed by atoms with E-state index in [9.17, 15) is 4.79 Å². The van der Waals surface area contributed by atoms with E-state index in [1.54, 1.807) is 37.4 Å². The lowest BCUT2D eigenvalue weighted by molar-refractivity contribution is -0.128. The number of nitrogen functional groups attached to an aromatic ring is 1. The van der Waals surface area contributed by atoms with Gasteiger partial charge in [0, 0.05) is 36.3 Å². The number of aromatic nitrogens is 2. The van der Waals surface area contributed by atoms with Gasteiger partial charge in [-0.2, -0.15) is 0 Å². The molecule has 2 heterocycles. The molecule has 0 radical (unpaired) electrons. The van der Waals surface area contributed by atoms with Gasteiger partial charge in [-0.05, 0) is 55.7 Å². The molecule has 9 nitrogen and oxygen atoms in total. The number of methoxy groups -OCH3 is 1. The van der Waals surface area contributed by atoms with E-state index in [4.69, 9.17) is 20.6 Å². The first-order valence-electron chi connectivity index (χ1n) is 12.2. The maximum atomic E-state index is 12.6. The molecule has 1 amide bonds. The number of anilines is 2. The monoisotopic (exact) mass is 500 g/mol. The second kappa shape index (κ2) is 11.6. The second-order valence-electron chi connectivity index (χ2n) is 8.85. The molecule has 0 saturated carbocycles. The summed E-state index contributed by atoms with van der Waals surface area (Å²) in [5, 5.41) is 12.3. The van der Waals surface area contributed by atoms with Crippen molar-refractivity contribution in [3.8, 4) is 17.2 Å². The van der Waals surface area contributed by atoms with Crippen LogP contribution in [0, 0.1) is 5.41 Å². The van der Waals surface area contributed by atoms with Gasteiger partial charge in [-0.3, -0.25) is 10.2 Å². The minimum absolute atomic E-state index is 0.0135. The average molecular weight is 501 g/mol. The Morgan fingerprint density at radius 2 is 1.95 bits per heavy atom. The van der Waals surface area contributed by atoms with Crippen LogP contribution in [0.25, 0.3) is 0 Å². The summed E-state index contributed by atoms with van der Waals surface area (Å²) < 4.78 is 11.2. The molecule has 2 aromatic carbocycles. The number of nitrogens with one attached hydrogen (secondary N) is 2. The van der Waals surface area contributed by atoms with Crippen molar-refractivity contribution in [2.75, 3.05) is 31.2 Å². The van der Waals surface area contributed by atoms with E-state index in [2.05, 4.69) is 21.9 Å². The van der Waals surface area contributed by atoms with Gasteiger partial charge in [0.15, 0.2) is 0 Å². The zero-order valence-corrected chi connectivity index (χ0v) is 21.2. The van der Waals surface area contributed by atoms with E-state index in [1.807, 2.05) is 30.0 Å². The molecule has 1 aliphatic heterocycles. The van der Waals surface area contributed by atoms with Gasteiger partial charge < -0.3 is 25.4 Å². The van der Waals surface area contributed by atoms with Crippen molar-refractivity contribution in [2.45, 2.75) is 32.2 Å². The first-order valence-corrected chi connectivity index (χ1v) is 12.2. The standard InChI is InChI=1S/C28H32N6O3/c1-4-18(2)28(35)34-14-6-7-20(16-34)33-27-24(26(30)31-17-32-27)25(29)19-10-12-21(13-11-19)37-23-9-5-8-22(15-23)36-3/h5,8-13,15,17,20,29H,2,4,6-7,14,16H2,1,3H3,(H3,30,31,32,33). The van der Waals surface area contributed by atoms with Crippen molar-refractivity contribution in [1.82, 2.24) is 14.9 Å². The lowest BCUT2D eigenvalue weighted by Crippen LogP contribution is -2.45. The molecule has 192 valence electrons. The molecule has 9 heteroatoms. The Hall–Kier alpha value is -4.40. The molecule has 1 fully saturated rings. The smallest absolute Gasteiger partial charge is 0.249 e. The number of likely N-dealkylation sites (tertiary alicyclic amines) is 1. The van der Waals surface area contributed by atoms with Gasteiger partial charge in [-0.15, -0.1) is 0 Å². The molecule has 1 unspecified atom stereocenters. The van der Waals surface area contributed by atoms with Crippen LogP contribution < -0.4 is 20.5 Å². The number of carbonyl (C=O) groups excluding carboxylic acids is 1. The summed E-state index contributed by atoms with van der Waals surface area (Å²) in [5.74, 6) is 2.65. The van der Waals surface area contributed by atoms with Gasteiger partial charge in [0.25, 0.3) is 0 Å². The number of benzene rings is 2. The summed E-state index contributed by atoms with van der Waals surface area (Å²) in [7, 11) is 1.61. The number of ether oxygens (including phenoxy) is 2. The Morgan fingerprint density at radius 1 is 1.19 bits per heavy atom. The predicted molar refractivity (Wildman–Crippen MR) is 145 cm³/mol. The quantitative estimate of drug-likeness (QED) is 0.288. The largest absolute Gasteiger partial charge is 0.497 e. The Bertz CT molecular complexity index is 1290. The maximum Gasteiger partial charge on any atom is 0.249 e. The molecule has 1 aliphatic rings. The molecular formula is C28H32N6O3. The van der Waals surface area contributed by atoms with E-state index in [-0.39, 0.29) is 23.5 Å². The number of carbonyl (C=O) groups is 1. The third-order valence-electron chi connectivity index (χ3n) is 6.33. The van der Waals surface area contributed by atoms with Crippen molar-refractivity contribution in [1.29, 1.82) is 5.41 Å². The van der Waals surface area contributed by atoms with Gasteiger partial charge >= 0.3 is 0 Å². The molecule has 4 rings (SSSR count). The molecule has 3 aromatic rings. The molecule has 0 aliphatic carbocycles. The maximum absolute atomic E-state index is 12.6. The highest BCUT2D eigenvalue weighted by molar-refractivity contribution is 6.16. The number of rotatable bonds is 9. The highest BCUT2D eigenvalue weighted by atomic mass is 16.5. The predicted octanol–water partition coefficient (Wildman–Crippen LogP) is 4.64. The van der Waals surface area contributed by atoms with Gasteiger partial charge in [0.05, 0.1) is 18.4 Å². The molecule has 4 N–H and O–H groups in total. The van der Waals surface area contributed by atoms with Crippen molar-refractivity contribution in [3.05, 3.63) is 78.1 Å². The Kier molecular flexibility index (Phi) is 8.02. The Labute approximate surface area is 216 Å². The summed E-state index contributed by atoms with van der Waals surface area (Å²) >= 11 is 0. The molecule has 1 aromatic heterocycles. The van der Waals surface area contributed by atoms with Crippen LogP contribution in [0.4, 0.5) is 11.6 Å². The fourth-order valence-electron chi connectivity index (χ4n) is 4.24. The lowest BCUT2D eigenvalue weighted by Gasteiger charge is -2.34. The topological polar surface area (TPSA) is 126 Å². The summed E-state index contributed by atoms with van der Waals surface area (Å²) in [6.45, 7) is 7.05. The fourth-order valence-corrected chi connectivity index (χ4v) is 4.24. The number of hydrogen-bond acceptors (Lipinski definition) is 8. The van der Waals surface area contributed by atoms with Crippen molar-refractivity contribution in [3.63, 3.8) is 0 Å². The Balaban J connectivity index is 1.50. The first kappa shape index (κ1) is 25.7. The van der Waals surface area contributed by atoms with Crippen molar-refractivity contribution in [2.24, 2.45) is 0 Å². The lowest BCUT2D eigenvalue weighted by atomic mass is 10.0. The van der Waals surface area contributed by atoms with Gasteiger partial charge in [0.1, 0.15) is 35.2 Å². The van der Waals surface area contributed by atoms with E-state index in [1.165, 1.54) is 6.33 Å². The molecule has 1 atom stereocenters. The third-order valence-corrected chi connectivity index (χ3v) is 6.33. The van der Waals surface area contributed by atoms with Crippen molar-refractivity contribution >= 4 is 23.3 Å². The average Bonchev–Trinajstić information content (AvgIpc) is 2.92. The second-order valence-corrected chi connectivity index (χ2v) is 8.85. The zero-order chi connectivity index (χ0) is 26.4. The SMILES string of the molecule is C=C(CC)C(=O)N1CCCC(Nc2ncnc(N)c2C(=N)c2ccc(Oc3cccc(OC)c3)cc2)C1. The first-order chi connectivity index (χ1) is 17.9. The Morgan fingerprint density at radius 3 is 2.68 bits per heavy atom. The van der Waals surface area contributed by atoms with Gasteiger partial charge in [0.2, 0.25) is 5.91 Å². The summed E-state index contributed by atoms with van der Waals surface area (Å²) in [5.41, 5.74) is 8.07. The minimum Gasteiger partial charge on any atom is -0.497 e. The van der Waals surface area contributed by atoms with E-state index < -0.39 is 0 Å². The number of nitrogens with zero attached hydrogens (tertiary/aromatic N) is 3. The van der Waals surface area contributed by atoms with E-state index in [0.29, 0.717) is 59.3 Å². The van der Waals surface area contributed by atoms with Gasteiger partial charge in [-0.1, -0.05) is 19.6 Å².